The minimum atomic E-state index is -3.88. The SMILES string of the molecule is C[PH](=O)CNCCS(=O)(=O)O. The molecule has 0 saturated heterocycles. The molecule has 1 unspecified atom stereocenters. The zero-order chi connectivity index (χ0) is 8.91. The molecule has 0 radical (unpaired) electrons. The molecule has 68 valence electrons. The Kier molecular flexibility index (Phi) is 4.92. The second kappa shape index (κ2) is 4.87. The molecule has 0 aromatic rings. The van der Waals surface area contributed by atoms with Crippen molar-refractivity contribution >= 4 is 17.9 Å². The minimum absolute atomic E-state index is 0.142. The predicted molar refractivity (Wildman–Crippen MR) is 44.2 cm³/mol. The first kappa shape index (κ1) is 11.1. The fraction of sp³-hybridized carbons (Fsp3) is 1.00. The Morgan fingerprint density at radius 3 is 2.45 bits per heavy atom. The van der Waals surface area contributed by atoms with Gasteiger partial charge in [0.15, 0.2) is 0 Å². The van der Waals surface area contributed by atoms with Gasteiger partial charge >= 0.3 is 0 Å². The molecule has 5 nitrogen and oxygen atoms in total. The van der Waals surface area contributed by atoms with Gasteiger partial charge in [0.05, 0.1) is 13.6 Å². The molecule has 0 fully saturated rings. The highest BCUT2D eigenvalue weighted by atomic mass is 32.2. The van der Waals surface area contributed by atoms with Crippen molar-refractivity contribution in [2.75, 3.05) is 25.2 Å². The van der Waals surface area contributed by atoms with E-state index in [2.05, 4.69) is 5.32 Å². The van der Waals surface area contributed by atoms with Crippen LogP contribution in [0.1, 0.15) is 0 Å². The molecule has 0 aliphatic carbocycles. The maximum atomic E-state index is 10.5. The Balaban J connectivity index is 3.37. The van der Waals surface area contributed by atoms with Gasteiger partial charge in [-0.1, -0.05) is 0 Å². The van der Waals surface area contributed by atoms with Crippen molar-refractivity contribution in [1.82, 2.24) is 5.32 Å². The van der Waals surface area contributed by atoms with Crippen molar-refractivity contribution in [3.63, 3.8) is 0 Å². The molecule has 0 aliphatic heterocycles. The summed E-state index contributed by atoms with van der Waals surface area (Å²) in [4.78, 5) is 0. The van der Waals surface area contributed by atoms with Crippen molar-refractivity contribution in [1.29, 1.82) is 0 Å². The Labute approximate surface area is 66.7 Å². The van der Waals surface area contributed by atoms with Gasteiger partial charge in [0.1, 0.15) is 0 Å². The molecule has 0 heterocycles. The summed E-state index contributed by atoms with van der Waals surface area (Å²) in [5.41, 5.74) is 0. The van der Waals surface area contributed by atoms with E-state index in [1.807, 2.05) is 0 Å². The quantitative estimate of drug-likeness (QED) is 0.359. The van der Waals surface area contributed by atoms with E-state index in [-0.39, 0.29) is 12.3 Å². The first-order valence-electron chi connectivity index (χ1n) is 3.07. The smallest absolute Gasteiger partial charge is 0.266 e. The van der Waals surface area contributed by atoms with Crippen LogP contribution in [-0.2, 0) is 14.7 Å². The van der Waals surface area contributed by atoms with Crippen LogP contribution in [0.2, 0.25) is 0 Å². The molecule has 0 aromatic carbocycles. The lowest BCUT2D eigenvalue weighted by molar-refractivity contribution is 0.481. The van der Waals surface area contributed by atoms with E-state index in [1.165, 1.54) is 0 Å². The van der Waals surface area contributed by atoms with E-state index in [9.17, 15) is 13.0 Å². The van der Waals surface area contributed by atoms with Crippen molar-refractivity contribution < 1.29 is 17.5 Å². The number of hydrogen-bond donors (Lipinski definition) is 2. The highest BCUT2D eigenvalue weighted by Gasteiger charge is 2.02. The second-order valence-electron chi connectivity index (χ2n) is 2.16. The van der Waals surface area contributed by atoms with Crippen LogP contribution in [0.5, 0.6) is 0 Å². The summed E-state index contributed by atoms with van der Waals surface area (Å²) in [5.74, 6) is -0.331. The van der Waals surface area contributed by atoms with Gasteiger partial charge in [-0.15, -0.1) is 0 Å². The normalized spacial score (nSPS) is 14.7. The van der Waals surface area contributed by atoms with Crippen LogP contribution >= 0.6 is 7.80 Å². The molecule has 0 aromatic heterocycles. The van der Waals surface area contributed by atoms with Crippen molar-refractivity contribution in [2.45, 2.75) is 0 Å². The van der Waals surface area contributed by atoms with E-state index < -0.39 is 17.9 Å². The zero-order valence-electron chi connectivity index (χ0n) is 6.20. The Morgan fingerprint density at radius 1 is 1.55 bits per heavy atom. The molecule has 0 aliphatic rings. The molecule has 0 rings (SSSR count). The summed E-state index contributed by atoms with van der Waals surface area (Å²) in [7, 11) is -5.46. The molecule has 0 bridgehead atoms. The maximum Gasteiger partial charge on any atom is 0.266 e. The summed E-state index contributed by atoms with van der Waals surface area (Å²) in [6.07, 6.45) is 0.320. The van der Waals surface area contributed by atoms with Crippen LogP contribution in [0.3, 0.4) is 0 Å². The fourth-order valence-corrected chi connectivity index (χ4v) is 1.40. The molecule has 0 saturated carbocycles. The van der Waals surface area contributed by atoms with Crippen LogP contribution in [0.25, 0.3) is 0 Å². The van der Waals surface area contributed by atoms with Gasteiger partial charge < -0.3 is 9.88 Å². The standard InChI is InChI=1S/C4H12NO4PS/c1-10(6)4-5-2-3-11(7,8)9/h5,10H,2-4H2,1H3,(H,7,8,9). The van der Waals surface area contributed by atoms with E-state index in [1.54, 1.807) is 6.66 Å². The first-order valence-corrected chi connectivity index (χ1v) is 6.79. The Morgan fingerprint density at radius 2 is 2.09 bits per heavy atom. The maximum absolute atomic E-state index is 10.5. The van der Waals surface area contributed by atoms with Gasteiger partial charge in [0.25, 0.3) is 10.1 Å². The lowest BCUT2D eigenvalue weighted by Crippen LogP contribution is -2.21. The third-order valence-corrected chi connectivity index (χ3v) is 2.38. The molecule has 1 atom stereocenters. The molecule has 0 spiro atoms. The monoisotopic (exact) mass is 201 g/mol. The fourth-order valence-electron chi connectivity index (χ4n) is 0.466. The lowest BCUT2D eigenvalue weighted by atomic mass is 10.8. The summed E-state index contributed by atoms with van der Waals surface area (Å²) in [6, 6.07) is 0. The lowest BCUT2D eigenvalue weighted by Gasteiger charge is -1.99. The average Bonchev–Trinajstić information content (AvgIpc) is 1.78. The van der Waals surface area contributed by atoms with Gasteiger partial charge in [-0.25, -0.2) is 0 Å². The van der Waals surface area contributed by atoms with E-state index in [0.29, 0.717) is 6.29 Å². The third kappa shape index (κ3) is 10.1. The summed E-state index contributed by atoms with van der Waals surface area (Å²) >= 11 is 0. The van der Waals surface area contributed by atoms with Crippen LogP contribution in [0, 0.1) is 0 Å². The molecular weight excluding hydrogens is 189 g/mol. The molecule has 11 heavy (non-hydrogen) atoms. The van der Waals surface area contributed by atoms with E-state index in [4.69, 9.17) is 4.55 Å². The van der Waals surface area contributed by atoms with E-state index >= 15 is 0 Å². The van der Waals surface area contributed by atoms with Crippen LogP contribution in [0.15, 0.2) is 0 Å². The van der Waals surface area contributed by atoms with Gasteiger partial charge in [0.2, 0.25) is 0 Å². The highest BCUT2D eigenvalue weighted by molar-refractivity contribution is 7.85. The Bertz CT molecular complexity index is 224. The number of rotatable bonds is 5. The molecule has 0 amide bonds. The van der Waals surface area contributed by atoms with Gasteiger partial charge in [-0.3, -0.25) is 4.55 Å². The largest absolute Gasteiger partial charge is 0.326 e. The second-order valence-corrected chi connectivity index (χ2v) is 5.49. The summed E-state index contributed by atoms with van der Waals surface area (Å²) in [5, 5.41) is 2.63. The Hall–Kier alpha value is 0.1000. The zero-order valence-corrected chi connectivity index (χ0v) is 8.02. The van der Waals surface area contributed by atoms with Gasteiger partial charge in [-0.05, 0) is 6.66 Å². The molecule has 2 N–H and O–H groups in total. The molecule has 7 heteroatoms. The van der Waals surface area contributed by atoms with Gasteiger partial charge in [-0.2, -0.15) is 8.42 Å². The number of nitrogens with one attached hydrogen (secondary N) is 1. The van der Waals surface area contributed by atoms with Gasteiger partial charge in [0, 0.05) is 12.8 Å². The van der Waals surface area contributed by atoms with E-state index in [0.717, 1.165) is 0 Å². The van der Waals surface area contributed by atoms with Crippen LogP contribution in [-0.4, -0.2) is 38.2 Å². The van der Waals surface area contributed by atoms with Crippen molar-refractivity contribution in [2.24, 2.45) is 0 Å². The summed E-state index contributed by atoms with van der Waals surface area (Å²) in [6.45, 7) is 1.72. The highest BCUT2D eigenvalue weighted by Crippen LogP contribution is 2.08. The minimum Gasteiger partial charge on any atom is -0.326 e. The summed E-state index contributed by atoms with van der Waals surface area (Å²) < 4.78 is 39.0. The topological polar surface area (TPSA) is 83.5 Å². The van der Waals surface area contributed by atoms with Crippen molar-refractivity contribution in [3.8, 4) is 0 Å². The van der Waals surface area contributed by atoms with Crippen LogP contribution in [0.4, 0.5) is 0 Å². The average molecular weight is 201 g/mol. The van der Waals surface area contributed by atoms with Crippen LogP contribution < -0.4 is 5.32 Å². The first-order chi connectivity index (χ1) is 4.92. The third-order valence-electron chi connectivity index (χ3n) is 0.911. The van der Waals surface area contributed by atoms with Crippen molar-refractivity contribution in [3.05, 3.63) is 0 Å². The predicted octanol–water partition coefficient (Wildman–Crippen LogP) is -0.389. The number of hydrogen-bond acceptors (Lipinski definition) is 4. The molecular formula is C4H12NO4PS.